The van der Waals surface area contributed by atoms with E-state index in [2.05, 4.69) is 33.1 Å². The Morgan fingerprint density at radius 2 is 1.82 bits per heavy atom. The molecule has 8 heteroatoms. The van der Waals surface area contributed by atoms with Crippen molar-refractivity contribution in [3.63, 3.8) is 0 Å². The molecule has 0 unspecified atom stereocenters. The van der Waals surface area contributed by atoms with E-state index >= 15 is 0 Å². The van der Waals surface area contributed by atoms with Crippen molar-refractivity contribution in [3.8, 4) is 22.8 Å². The largest absolute Gasteiger partial charge is 0.494 e. The van der Waals surface area contributed by atoms with Gasteiger partial charge in [0.2, 0.25) is 5.88 Å². The third-order valence-corrected chi connectivity index (χ3v) is 7.87. The molecule has 38 heavy (non-hydrogen) atoms. The topological polar surface area (TPSA) is 90.1 Å². The molecule has 3 N–H and O–H groups in total. The van der Waals surface area contributed by atoms with Crippen LogP contribution in [0, 0.1) is 0 Å². The van der Waals surface area contributed by atoms with E-state index in [1.54, 1.807) is 0 Å². The number of hydrogen-bond acceptors (Lipinski definition) is 6. The molecule has 0 aliphatic carbocycles. The van der Waals surface area contributed by atoms with Crippen LogP contribution in [-0.4, -0.2) is 83.5 Å². The first-order chi connectivity index (χ1) is 18.5. The molecule has 0 spiro atoms. The summed E-state index contributed by atoms with van der Waals surface area (Å²) in [4.78, 5) is 20.9. The standard InChI is InChI=1S/C30H40N4O4/c1-3-37-25-9-7-22(8-10-25)26-5-4-6-28-27(26)19-29(32-28)38-30(36)31-23-11-15-33(16-12-23)20-21(2)34-17-13-24(35)14-18-34/h4-10,19,21,23-24,32,35H,3,11-18,20H2,1-2H3,(H,31,36)/t21-/m0/s1. The molecular formula is C30H40N4O4. The maximum atomic E-state index is 12.7. The number of ether oxygens (including phenoxy) is 2. The van der Waals surface area contributed by atoms with Crippen LogP contribution in [0.5, 0.6) is 11.6 Å². The number of fused-ring (bicyclic) bond motifs is 1. The lowest BCUT2D eigenvalue weighted by Crippen LogP contribution is -2.50. The van der Waals surface area contributed by atoms with E-state index in [4.69, 9.17) is 9.47 Å². The average molecular weight is 521 g/mol. The van der Waals surface area contributed by atoms with Crippen LogP contribution in [0.25, 0.3) is 22.0 Å². The van der Waals surface area contributed by atoms with Crippen molar-refractivity contribution >= 4 is 17.0 Å². The highest BCUT2D eigenvalue weighted by Gasteiger charge is 2.26. The van der Waals surface area contributed by atoms with Crippen molar-refractivity contribution in [1.29, 1.82) is 0 Å². The second kappa shape index (κ2) is 12.2. The lowest BCUT2D eigenvalue weighted by Gasteiger charge is -2.39. The Bertz CT molecular complexity index is 1190. The van der Waals surface area contributed by atoms with E-state index in [1.165, 1.54) is 0 Å². The molecule has 1 atom stereocenters. The van der Waals surface area contributed by atoms with E-state index in [0.29, 0.717) is 18.5 Å². The fourth-order valence-electron chi connectivity index (χ4n) is 5.71. The molecule has 3 heterocycles. The number of H-pyrrole nitrogens is 1. The minimum atomic E-state index is -0.419. The van der Waals surface area contributed by atoms with Crippen molar-refractivity contribution in [3.05, 3.63) is 48.5 Å². The van der Waals surface area contributed by atoms with Gasteiger partial charge in [0.05, 0.1) is 12.7 Å². The van der Waals surface area contributed by atoms with Gasteiger partial charge in [0.25, 0.3) is 0 Å². The second-order valence-electron chi connectivity index (χ2n) is 10.6. The summed E-state index contributed by atoms with van der Waals surface area (Å²) in [6.45, 7) is 9.79. The van der Waals surface area contributed by atoms with Gasteiger partial charge < -0.3 is 29.8 Å². The molecule has 1 aromatic heterocycles. The molecule has 0 saturated carbocycles. The number of aromatic amines is 1. The normalized spacial score (nSPS) is 18.9. The molecule has 2 saturated heterocycles. The molecule has 2 fully saturated rings. The fraction of sp³-hybridized carbons (Fsp3) is 0.500. The van der Waals surface area contributed by atoms with Crippen LogP contribution in [0.1, 0.15) is 39.5 Å². The van der Waals surface area contributed by atoms with Crippen molar-refractivity contribution < 1.29 is 19.4 Å². The van der Waals surface area contributed by atoms with E-state index in [-0.39, 0.29) is 12.1 Å². The molecule has 2 aromatic carbocycles. The second-order valence-corrected chi connectivity index (χ2v) is 10.6. The zero-order valence-electron chi connectivity index (χ0n) is 22.5. The quantitative estimate of drug-likeness (QED) is 0.401. The van der Waals surface area contributed by atoms with Crippen LogP contribution in [-0.2, 0) is 0 Å². The monoisotopic (exact) mass is 520 g/mol. The first-order valence-electron chi connectivity index (χ1n) is 14.0. The highest BCUT2D eigenvalue weighted by Crippen LogP contribution is 2.32. The van der Waals surface area contributed by atoms with E-state index in [0.717, 1.165) is 86.2 Å². The van der Waals surface area contributed by atoms with Crippen molar-refractivity contribution in [1.82, 2.24) is 20.1 Å². The van der Waals surface area contributed by atoms with Crippen LogP contribution >= 0.6 is 0 Å². The van der Waals surface area contributed by atoms with Gasteiger partial charge in [-0.3, -0.25) is 4.90 Å². The molecule has 0 bridgehead atoms. The smallest absolute Gasteiger partial charge is 0.414 e. The highest BCUT2D eigenvalue weighted by molar-refractivity contribution is 5.96. The molecule has 3 aromatic rings. The van der Waals surface area contributed by atoms with Gasteiger partial charge in [-0.05, 0) is 68.9 Å². The molecule has 2 aliphatic rings. The Labute approximate surface area is 224 Å². The Morgan fingerprint density at radius 1 is 1.08 bits per heavy atom. The van der Waals surface area contributed by atoms with Crippen LogP contribution in [0.3, 0.4) is 0 Å². The minimum absolute atomic E-state index is 0.114. The Morgan fingerprint density at radius 3 is 2.53 bits per heavy atom. The van der Waals surface area contributed by atoms with E-state index < -0.39 is 6.09 Å². The summed E-state index contributed by atoms with van der Waals surface area (Å²) >= 11 is 0. The van der Waals surface area contributed by atoms with Crippen molar-refractivity contribution in [2.24, 2.45) is 0 Å². The number of aliphatic hydroxyl groups excluding tert-OH is 1. The van der Waals surface area contributed by atoms with Gasteiger partial charge in [-0.2, -0.15) is 0 Å². The van der Waals surface area contributed by atoms with Crippen LogP contribution in [0.2, 0.25) is 0 Å². The molecule has 0 radical (unpaired) electrons. The van der Waals surface area contributed by atoms with Gasteiger partial charge in [-0.25, -0.2) is 4.79 Å². The Balaban J connectivity index is 1.12. The molecule has 1 amide bonds. The number of rotatable bonds is 8. The maximum Gasteiger partial charge on any atom is 0.414 e. The number of aromatic nitrogens is 1. The van der Waals surface area contributed by atoms with Gasteiger partial charge >= 0.3 is 6.09 Å². The first-order valence-corrected chi connectivity index (χ1v) is 14.0. The first kappa shape index (κ1) is 26.5. The van der Waals surface area contributed by atoms with Crippen molar-refractivity contribution in [2.75, 3.05) is 39.3 Å². The van der Waals surface area contributed by atoms with Crippen molar-refractivity contribution in [2.45, 2.75) is 57.7 Å². The number of likely N-dealkylation sites (tertiary alicyclic amines) is 2. The maximum absolute atomic E-state index is 12.7. The number of carbonyl (C=O) groups excluding carboxylic acids is 1. The molecule has 2 aliphatic heterocycles. The number of nitrogens with one attached hydrogen (secondary N) is 2. The number of amides is 1. The predicted octanol–water partition coefficient (Wildman–Crippen LogP) is 4.63. The third kappa shape index (κ3) is 6.49. The van der Waals surface area contributed by atoms with Gasteiger partial charge in [-0.15, -0.1) is 0 Å². The summed E-state index contributed by atoms with van der Waals surface area (Å²) in [5.74, 6) is 1.29. The van der Waals surface area contributed by atoms with Gasteiger partial charge in [0, 0.05) is 61.8 Å². The van der Waals surface area contributed by atoms with Crippen LogP contribution in [0.4, 0.5) is 4.79 Å². The molecular weight excluding hydrogens is 480 g/mol. The lowest BCUT2D eigenvalue weighted by atomic mass is 10.0. The van der Waals surface area contributed by atoms with E-state index in [9.17, 15) is 9.90 Å². The number of piperidine rings is 2. The predicted molar refractivity (Wildman–Crippen MR) is 150 cm³/mol. The Kier molecular flexibility index (Phi) is 8.51. The van der Waals surface area contributed by atoms with Gasteiger partial charge in [-0.1, -0.05) is 24.3 Å². The summed E-state index contributed by atoms with van der Waals surface area (Å²) in [6.07, 6.45) is 3.02. The number of hydrogen-bond donors (Lipinski definition) is 3. The number of aliphatic hydroxyl groups is 1. The van der Waals surface area contributed by atoms with Gasteiger partial charge in [0.1, 0.15) is 5.75 Å². The zero-order chi connectivity index (χ0) is 26.5. The average Bonchev–Trinajstić information content (AvgIpc) is 3.33. The zero-order valence-corrected chi connectivity index (χ0v) is 22.5. The summed E-state index contributed by atoms with van der Waals surface area (Å²) in [5, 5.41) is 13.8. The number of carbonyl (C=O) groups is 1. The molecule has 8 nitrogen and oxygen atoms in total. The summed E-state index contributed by atoms with van der Waals surface area (Å²) in [5.41, 5.74) is 3.07. The van der Waals surface area contributed by atoms with Crippen LogP contribution in [0.15, 0.2) is 48.5 Å². The lowest BCUT2D eigenvalue weighted by molar-refractivity contribution is 0.0501. The fourth-order valence-corrected chi connectivity index (χ4v) is 5.71. The van der Waals surface area contributed by atoms with Gasteiger partial charge in [0.15, 0.2) is 0 Å². The summed E-state index contributed by atoms with van der Waals surface area (Å²) < 4.78 is 11.2. The molecule has 204 valence electrons. The summed E-state index contributed by atoms with van der Waals surface area (Å²) in [7, 11) is 0. The number of benzene rings is 2. The number of nitrogens with zero attached hydrogens (tertiary/aromatic N) is 2. The third-order valence-electron chi connectivity index (χ3n) is 7.87. The molecule has 5 rings (SSSR count). The Hall–Kier alpha value is -3.07. The minimum Gasteiger partial charge on any atom is -0.494 e. The van der Waals surface area contributed by atoms with Crippen LogP contribution < -0.4 is 14.8 Å². The highest BCUT2D eigenvalue weighted by atomic mass is 16.6. The summed E-state index contributed by atoms with van der Waals surface area (Å²) in [6, 6.07) is 16.6. The van der Waals surface area contributed by atoms with E-state index in [1.807, 2.05) is 49.4 Å². The SMILES string of the molecule is CCOc1ccc(-c2cccc3[nH]c(OC(=O)NC4CCN(C[C@H](C)N5CCC(O)CC5)CC4)cc23)cc1.